The van der Waals surface area contributed by atoms with Gasteiger partial charge in [0.25, 0.3) is 10.0 Å². The molecule has 0 aliphatic heterocycles. The molecule has 0 N–H and O–H groups in total. The molecule has 3 aromatic carbocycles. The Labute approximate surface area is 274 Å². The Morgan fingerprint density at radius 1 is 0.935 bits per heavy atom. The molecular formula is C39H46N2O4S. The summed E-state index contributed by atoms with van der Waals surface area (Å²) in [5.41, 5.74) is 5.63. The summed E-state index contributed by atoms with van der Waals surface area (Å²) in [5, 5.41) is 0.801. The summed E-state index contributed by atoms with van der Waals surface area (Å²) in [6, 6.07) is 21.9. The molecule has 0 unspecified atom stereocenters. The lowest BCUT2D eigenvalue weighted by Gasteiger charge is -2.31. The minimum absolute atomic E-state index is 0.113. The molecule has 1 aromatic heterocycles. The van der Waals surface area contributed by atoms with E-state index in [2.05, 4.69) is 19.1 Å². The van der Waals surface area contributed by atoms with Gasteiger partial charge >= 0.3 is 5.97 Å². The number of carbonyl (C=O) groups excluding carboxylic acids is 1. The Bertz CT molecular complexity index is 1760. The second kappa shape index (κ2) is 15.5. The molecule has 1 saturated carbocycles. The van der Waals surface area contributed by atoms with Crippen LogP contribution in [0.25, 0.3) is 17.0 Å². The fourth-order valence-electron chi connectivity index (χ4n) is 6.39. The van der Waals surface area contributed by atoms with Crippen LogP contribution in [0.3, 0.4) is 0 Å². The molecule has 7 heteroatoms. The molecule has 0 saturated heterocycles. The Kier molecular flexibility index (Phi) is 11.3. The molecule has 1 aliphatic carbocycles. The smallest absolute Gasteiger partial charge is 0.337 e. The Hall–Kier alpha value is -3.97. The molecule has 0 bridgehead atoms. The van der Waals surface area contributed by atoms with Crippen molar-refractivity contribution in [3.8, 4) is 0 Å². The van der Waals surface area contributed by atoms with Gasteiger partial charge in [0, 0.05) is 16.9 Å². The maximum Gasteiger partial charge on any atom is 0.337 e. The highest BCUT2D eigenvalue weighted by atomic mass is 32.2. The number of rotatable bonds is 13. The van der Waals surface area contributed by atoms with Gasteiger partial charge in [0.1, 0.15) is 0 Å². The first kappa shape index (κ1) is 33.4. The topological polar surface area (TPSA) is 76.6 Å². The van der Waals surface area contributed by atoms with Gasteiger partial charge in [-0.1, -0.05) is 106 Å². The van der Waals surface area contributed by atoms with Crippen molar-refractivity contribution in [1.29, 1.82) is 0 Å². The molecule has 6 nitrogen and oxygen atoms in total. The van der Waals surface area contributed by atoms with Crippen LogP contribution in [-0.2, 0) is 21.3 Å². The summed E-state index contributed by atoms with van der Waals surface area (Å²) in [4.78, 5) is 17.5. The summed E-state index contributed by atoms with van der Waals surface area (Å²) < 4.78 is 36.1. The van der Waals surface area contributed by atoms with Gasteiger partial charge in [0.2, 0.25) is 0 Å². The van der Waals surface area contributed by atoms with Crippen molar-refractivity contribution in [2.24, 2.45) is 0 Å². The van der Waals surface area contributed by atoms with Crippen molar-refractivity contribution in [1.82, 2.24) is 4.98 Å². The van der Waals surface area contributed by atoms with Gasteiger partial charge in [-0.25, -0.2) is 13.2 Å². The van der Waals surface area contributed by atoms with Crippen LogP contribution >= 0.6 is 0 Å². The quantitative estimate of drug-likeness (QED) is 0.108. The predicted octanol–water partition coefficient (Wildman–Crippen LogP) is 9.76. The zero-order valence-corrected chi connectivity index (χ0v) is 28.2. The van der Waals surface area contributed by atoms with E-state index >= 15 is 0 Å². The fourth-order valence-corrected chi connectivity index (χ4v) is 7.88. The van der Waals surface area contributed by atoms with E-state index in [1.165, 1.54) is 57.1 Å². The third-order valence-corrected chi connectivity index (χ3v) is 10.8. The number of fused-ring (bicyclic) bond motifs is 1. The second-order valence-electron chi connectivity index (χ2n) is 12.4. The SMILES string of the molecule is CCCCCC/C=C/c1c(C2CCCCC2)nc2ccccc2c1N(Cc1ccc(C)cc1)S(=O)(=O)c1ccc(C(=O)OC)cc1. The van der Waals surface area contributed by atoms with Crippen LogP contribution in [0.4, 0.5) is 5.69 Å². The summed E-state index contributed by atoms with van der Waals surface area (Å²) in [6.45, 7) is 4.39. The largest absolute Gasteiger partial charge is 0.465 e. The average Bonchev–Trinajstić information content (AvgIpc) is 3.09. The Morgan fingerprint density at radius 3 is 2.35 bits per heavy atom. The lowest BCUT2D eigenvalue weighted by atomic mass is 9.84. The molecule has 4 aromatic rings. The van der Waals surface area contributed by atoms with Crippen LogP contribution in [0.15, 0.2) is 83.8 Å². The first-order chi connectivity index (χ1) is 22.3. The molecule has 1 fully saturated rings. The summed E-state index contributed by atoms with van der Waals surface area (Å²) >= 11 is 0. The van der Waals surface area contributed by atoms with E-state index in [0.29, 0.717) is 11.3 Å². The van der Waals surface area contributed by atoms with Gasteiger partial charge in [0.05, 0.1) is 41.0 Å². The van der Waals surface area contributed by atoms with Crippen LogP contribution in [0.2, 0.25) is 0 Å². The van der Waals surface area contributed by atoms with E-state index < -0.39 is 16.0 Å². The lowest BCUT2D eigenvalue weighted by Crippen LogP contribution is -2.32. The molecule has 242 valence electrons. The number of carbonyl (C=O) groups is 1. The monoisotopic (exact) mass is 638 g/mol. The van der Waals surface area contributed by atoms with E-state index in [9.17, 15) is 13.2 Å². The van der Waals surface area contributed by atoms with Gasteiger partial charge in [-0.2, -0.15) is 0 Å². The number of sulfonamides is 1. The number of pyridine rings is 1. The molecular weight excluding hydrogens is 593 g/mol. The molecule has 0 radical (unpaired) electrons. The van der Waals surface area contributed by atoms with Gasteiger partial charge < -0.3 is 4.74 Å². The van der Waals surface area contributed by atoms with Gasteiger partial charge in [0.15, 0.2) is 0 Å². The zero-order chi connectivity index (χ0) is 32.5. The highest BCUT2D eigenvalue weighted by Crippen LogP contribution is 2.42. The molecule has 0 atom stereocenters. The lowest BCUT2D eigenvalue weighted by molar-refractivity contribution is 0.0600. The van der Waals surface area contributed by atoms with E-state index in [0.717, 1.165) is 71.8 Å². The average molecular weight is 639 g/mol. The Morgan fingerprint density at radius 2 is 1.65 bits per heavy atom. The third kappa shape index (κ3) is 7.69. The number of aromatic nitrogens is 1. The van der Waals surface area contributed by atoms with Gasteiger partial charge in [-0.15, -0.1) is 0 Å². The number of ether oxygens (including phenoxy) is 1. The maximum absolute atomic E-state index is 14.9. The van der Waals surface area contributed by atoms with Crippen LogP contribution in [0.5, 0.6) is 0 Å². The van der Waals surface area contributed by atoms with Crippen molar-refractivity contribution >= 4 is 38.7 Å². The van der Waals surface area contributed by atoms with E-state index in [1.54, 1.807) is 4.31 Å². The fraction of sp³-hybridized carbons (Fsp3) is 0.385. The van der Waals surface area contributed by atoms with E-state index in [1.807, 2.05) is 55.5 Å². The van der Waals surface area contributed by atoms with Crippen LogP contribution in [-0.4, -0.2) is 26.5 Å². The number of allylic oxidation sites excluding steroid dienone is 1. The van der Waals surface area contributed by atoms with E-state index in [-0.39, 0.29) is 17.4 Å². The number of unbranched alkanes of at least 4 members (excludes halogenated alkanes) is 4. The van der Waals surface area contributed by atoms with Crippen molar-refractivity contribution in [3.05, 3.63) is 107 Å². The second-order valence-corrected chi connectivity index (χ2v) is 14.2. The number of nitrogens with zero attached hydrogens (tertiary/aromatic N) is 2. The number of anilines is 1. The molecule has 5 rings (SSSR count). The number of esters is 1. The number of aryl methyl sites for hydroxylation is 1. The normalized spacial score (nSPS) is 14.2. The zero-order valence-electron chi connectivity index (χ0n) is 27.4. The van der Waals surface area contributed by atoms with Crippen LogP contribution in [0, 0.1) is 6.92 Å². The van der Waals surface area contributed by atoms with Crippen LogP contribution in [0.1, 0.15) is 110 Å². The minimum Gasteiger partial charge on any atom is -0.465 e. The minimum atomic E-state index is -4.10. The summed E-state index contributed by atoms with van der Waals surface area (Å²) in [6.07, 6.45) is 15.5. The molecule has 0 spiro atoms. The van der Waals surface area contributed by atoms with Crippen molar-refractivity contribution < 1.29 is 17.9 Å². The first-order valence-corrected chi connectivity index (χ1v) is 18.1. The van der Waals surface area contributed by atoms with Gasteiger partial charge in [-0.3, -0.25) is 9.29 Å². The van der Waals surface area contributed by atoms with Crippen LogP contribution < -0.4 is 4.31 Å². The highest BCUT2D eigenvalue weighted by molar-refractivity contribution is 7.92. The maximum atomic E-state index is 14.9. The van der Waals surface area contributed by atoms with Crippen molar-refractivity contribution in [3.63, 3.8) is 0 Å². The Balaban J connectivity index is 1.73. The summed E-state index contributed by atoms with van der Waals surface area (Å²) in [7, 11) is -2.78. The third-order valence-electron chi connectivity index (χ3n) is 8.99. The predicted molar refractivity (Wildman–Crippen MR) is 188 cm³/mol. The van der Waals surface area contributed by atoms with Crippen molar-refractivity contribution in [2.45, 2.75) is 95.4 Å². The highest BCUT2D eigenvalue weighted by Gasteiger charge is 2.32. The van der Waals surface area contributed by atoms with E-state index in [4.69, 9.17) is 9.72 Å². The number of benzene rings is 3. The first-order valence-electron chi connectivity index (χ1n) is 16.7. The number of hydrogen-bond acceptors (Lipinski definition) is 5. The van der Waals surface area contributed by atoms with Crippen molar-refractivity contribution in [2.75, 3.05) is 11.4 Å². The van der Waals surface area contributed by atoms with Gasteiger partial charge in [-0.05, 0) is 68.5 Å². The molecule has 46 heavy (non-hydrogen) atoms. The number of hydrogen-bond donors (Lipinski definition) is 0. The number of para-hydroxylation sites is 1. The number of methoxy groups -OCH3 is 1. The standard InChI is InChI=1S/C39H46N2O4S/c1-4-5-6-7-8-12-18-35-37(31-15-10-9-11-16-31)40-36-19-14-13-17-34(36)38(35)41(28-30-22-20-29(2)21-23-30)46(43,44)33-26-24-32(25-27-33)39(42)45-3/h12-14,17-27,31H,4-11,15-16,28H2,1-3H3/b18-12+. The molecule has 1 aliphatic rings. The molecule has 0 amide bonds. The molecule has 1 heterocycles. The summed E-state index contributed by atoms with van der Waals surface area (Å²) in [5.74, 6) is -0.246.